The summed E-state index contributed by atoms with van der Waals surface area (Å²) < 4.78 is 61.1. The molecule has 37 heavy (non-hydrogen) atoms. The van der Waals surface area contributed by atoms with E-state index in [1.165, 1.54) is 43.3 Å². The Morgan fingerprint density at radius 3 is 2.51 bits per heavy atom. The quantitative estimate of drug-likeness (QED) is 0.483. The van der Waals surface area contributed by atoms with Gasteiger partial charge in [-0.2, -0.15) is 0 Å². The number of hydrogen-bond acceptors (Lipinski definition) is 6. The second-order valence-electron chi connectivity index (χ2n) is 10.0. The number of benzene rings is 1. The van der Waals surface area contributed by atoms with Gasteiger partial charge < -0.3 is 24.6 Å². The molecule has 1 saturated heterocycles. The molecule has 2 atom stereocenters. The Morgan fingerprint density at radius 1 is 1.27 bits per heavy atom. The predicted octanol–water partition coefficient (Wildman–Crippen LogP) is 2.81. The van der Waals surface area contributed by atoms with Crippen LogP contribution in [0.5, 0.6) is 0 Å². The van der Waals surface area contributed by atoms with E-state index < -0.39 is 64.4 Å². The van der Waals surface area contributed by atoms with Crippen molar-refractivity contribution in [2.45, 2.75) is 45.8 Å². The van der Waals surface area contributed by atoms with Crippen LogP contribution in [0.3, 0.4) is 0 Å². The van der Waals surface area contributed by atoms with Crippen LogP contribution in [0.15, 0.2) is 24.4 Å². The molecule has 1 aromatic carbocycles. The summed E-state index contributed by atoms with van der Waals surface area (Å²) in [6, 6.07) is 3.02. The molecule has 0 aliphatic carbocycles. The van der Waals surface area contributed by atoms with E-state index in [1.807, 2.05) is 0 Å². The number of likely N-dealkylation sites (tertiary alicyclic amines) is 1. The lowest BCUT2D eigenvalue weighted by Crippen LogP contribution is -2.54. The van der Waals surface area contributed by atoms with E-state index in [1.54, 1.807) is 20.8 Å². The van der Waals surface area contributed by atoms with Crippen molar-refractivity contribution in [1.82, 2.24) is 9.47 Å². The summed E-state index contributed by atoms with van der Waals surface area (Å²) >= 11 is 0. The van der Waals surface area contributed by atoms with Crippen molar-refractivity contribution in [1.29, 1.82) is 0 Å². The molecule has 2 amide bonds. The molecular weight excluding hydrogens is 510 g/mol. The molecule has 1 fully saturated rings. The van der Waals surface area contributed by atoms with Gasteiger partial charge in [-0.25, -0.2) is 22.0 Å². The number of nitrogens with zero attached hydrogens (tertiary/aromatic N) is 3. The highest BCUT2D eigenvalue weighted by Crippen LogP contribution is 2.32. The molecule has 1 aliphatic heterocycles. The van der Waals surface area contributed by atoms with Crippen molar-refractivity contribution in [2.75, 3.05) is 29.3 Å². The van der Waals surface area contributed by atoms with E-state index in [0.29, 0.717) is 0 Å². The number of aliphatic hydroxyl groups is 1. The van der Waals surface area contributed by atoms with Gasteiger partial charge in [0.2, 0.25) is 10.9 Å². The summed E-state index contributed by atoms with van der Waals surface area (Å²) in [5.41, 5.74) is -0.983. The SMILES string of the molecule is Cc1cc(NC(=O)c2c(F)c(N(C3CCN(C(=O)OC(C)(C)C)CC3CO)[SH](=O)=O)cn2C)ccc1F. The van der Waals surface area contributed by atoms with Crippen LogP contribution in [-0.2, 0) is 22.7 Å². The number of aryl methyl sites for hydroxylation is 2. The van der Waals surface area contributed by atoms with E-state index >= 15 is 4.39 Å². The Balaban J connectivity index is 1.87. The van der Waals surface area contributed by atoms with Crippen LogP contribution in [0.4, 0.5) is 25.0 Å². The second-order valence-corrected chi connectivity index (χ2v) is 10.9. The number of amides is 2. The number of aliphatic hydroxyl groups excluding tert-OH is 1. The van der Waals surface area contributed by atoms with Crippen LogP contribution in [0, 0.1) is 24.5 Å². The van der Waals surface area contributed by atoms with Crippen molar-refractivity contribution in [3.8, 4) is 0 Å². The number of nitrogens with one attached hydrogen (secondary N) is 1. The molecule has 0 spiro atoms. The van der Waals surface area contributed by atoms with E-state index in [-0.39, 0.29) is 36.4 Å². The third-order valence-corrected chi connectivity index (χ3v) is 6.91. The lowest BCUT2D eigenvalue weighted by atomic mass is 9.92. The number of rotatable bonds is 6. The summed E-state index contributed by atoms with van der Waals surface area (Å²) in [6.45, 7) is 6.33. The summed E-state index contributed by atoms with van der Waals surface area (Å²) in [4.78, 5) is 26.7. The second kappa shape index (κ2) is 11.1. The molecule has 1 aromatic heterocycles. The zero-order valence-corrected chi connectivity index (χ0v) is 22.2. The number of ether oxygens (including phenoxy) is 1. The Kier molecular flexibility index (Phi) is 8.48. The number of carbonyl (C=O) groups excluding carboxylic acids is 2. The van der Waals surface area contributed by atoms with Crippen LogP contribution < -0.4 is 9.62 Å². The number of piperidine rings is 1. The van der Waals surface area contributed by atoms with Gasteiger partial charge in [0.25, 0.3) is 5.91 Å². The maximum absolute atomic E-state index is 15.6. The van der Waals surface area contributed by atoms with Gasteiger partial charge >= 0.3 is 6.09 Å². The number of anilines is 2. The van der Waals surface area contributed by atoms with Crippen molar-refractivity contribution >= 4 is 34.3 Å². The Hall–Kier alpha value is -3.19. The standard InChI is InChI=1S/C24H32F2N4O6S/c1-14-10-16(6-7-17(14)25)27-22(32)21-20(26)19(12-28(21)5)30(37(34)35)18-8-9-29(11-15(18)13-31)23(33)36-24(2,3)4/h6-7,10,12,15,18,31,37H,8-9,11,13H2,1-5H3,(H,27,32). The third-order valence-electron chi connectivity index (χ3n) is 6.05. The van der Waals surface area contributed by atoms with Gasteiger partial charge in [-0.15, -0.1) is 0 Å². The first-order chi connectivity index (χ1) is 17.2. The van der Waals surface area contributed by atoms with Crippen LogP contribution in [-0.4, -0.2) is 66.3 Å². The van der Waals surface area contributed by atoms with E-state index in [4.69, 9.17) is 4.74 Å². The molecular formula is C24H32F2N4O6S. The van der Waals surface area contributed by atoms with Crippen molar-refractivity contribution in [2.24, 2.45) is 13.0 Å². The molecule has 2 N–H and O–H groups in total. The van der Waals surface area contributed by atoms with Gasteiger partial charge in [0.05, 0.1) is 6.04 Å². The molecule has 1 aliphatic rings. The van der Waals surface area contributed by atoms with E-state index in [9.17, 15) is 27.5 Å². The number of carbonyl (C=O) groups is 2. The Bertz CT molecular complexity index is 1250. The molecule has 204 valence electrons. The van der Waals surface area contributed by atoms with E-state index in [2.05, 4.69) is 5.32 Å². The fourth-order valence-corrected chi connectivity index (χ4v) is 5.18. The average Bonchev–Trinajstić information content (AvgIpc) is 3.08. The molecule has 2 unspecified atom stereocenters. The molecule has 0 saturated carbocycles. The maximum Gasteiger partial charge on any atom is 0.410 e. The number of hydrogen-bond donors (Lipinski definition) is 3. The minimum absolute atomic E-state index is 0.00146. The highest BCUT2D eigenvalue weighted by molar-refractivity contribution is 7.74. The van der Waals surface area contributed by atoms with Crippen molar-refractivity contribution < 1.29 is 36.6 Å². The average molecular weight is 543 g/mol. The zero-order valence-electron chi connectivity index (χ0n) is 21.3. The predicted molar refractivity (Wildman–Crippen MR) is 134 cm³/mol. The highest BCUT2D eigenvalue weighted by Gasteiger charge is 2.39. The number of aromatic nitrogens is 1. The topological polar surface area (TPSA) is 121 Å². The lowest BCUT2D eigenvalue weighted by Gasteiger charge is -2.41. The van der Waals surface area contributed by atoms with Crippen LogP contribution >= 0.6 is 0 Å². The van der Waals surface area contributed by atoms with Gasteiger partial charge in [0.1, 0.15) is 22.8 Å². The van der Waals surface area contributed by atoms with Crippen LogP contribution in [0.25, 0.3) is 0 Å². The lowest BCUT2D eigenvalue weighted by molar-refractivity contribution is 0.0109. The number of halogens is 2. The summed E-state index contributed by atoms with van der Waals surface area (Å²) in [7, 11) is -1.99. The maximum atomic E-state index is 15.6. The zero-order chi connectivity index (χ0) is 27.7. The fourth-order valence-electron chi connectivity index (χ4n) is 4.31. The van der Waals surface area contributed by atoms with Crippen LogP contribution in [0.2, 0.25) is 0 Å². The van der Waals surface area contributed by atoms with E-state index in [0.717, 1.165) is 8.87 Å². The molecule has 2 heterocycles. The van der Waals surface area contributed by atoms with Crippen molar-refractivity contribution in [3.05, 3.63) is 47.3 Å². The molecule has 13 heteroatoms. The normalized spacial score (nSPS) is 18.1. The largest absolute Gasteiger partial charge is 0.444 e. The third kappa shape index (κ3) is 6.39. The van der Waals surface area contributed by atoms with Gasteiger partial charge in [-0.05, 0) is 57.9 Å². The molecule has 0 bridgehead atoms. The molecule has 0 radical (unpaired) electrons. The smallest absolute Gasteiger partial charge is 0.410 e. The van der Waals surface area contributed by atoms with Crippen molar-refractivity contribution in [3.63, 3.8) is 0 Å². The Labute approximate surface area is 215 Å². The monoisotopic (exact) mass is 542 g/mol. The first-order valence-electron chi connectivity index (χ1n) is 11.7. The summed E-state index contributed by atoms with van der Waals surface area (Å²) in [5, 5.41) is 12.5. The summed E-state index contributed by atoms with van der Waals surface area (Å²) in [5.74, 6) is -3.11. The van der Waals surface area contributed by atoms with Gasteiger partial charge in [-0.3, -0.25) is 9.10 Å². The minimum atomic E-state index is -3.38. The molecule has 10 nitrogen and oxygen atoms in total. The fraction of sp³-hybridized carbons (Fsp3) is 0.500. The van der Waals surface area contributed by atoms with Gasteiger partial charge in [0.15, 0.2) is 5.82 Å². The minimum Gasteiger partial charge on any atom is -0.444 e. The first-order valence-corrected chi connectivity index (χ1v) is 12.8. The highest BCUT2D eigenvalue weighted by atomic mass is 32.2. The van der Waals surface area contributed by atoms with Crippen LogP contribution in [0.1, 0.15) is 43.2 Å². The molecule has 3 rings (SSSR count). The Morgan fingerprint density at radius 2 is 1.95 bits per heavy atom. The number of thiol groups is 1. The summed E-state index contributed by atoms with van der Waals surface area (Å²) in [6.07, 6.45) is 0.696. The van der Waals surface area contributed by atoms with Gasteiger partial charge in [0, 0.05) is 44.5 Å². The van der Waals surface area contributed by atoms with Gasteiger partial charge in [-0.1, -0.05) is 0 Å². The molecule has 2 aromatic rings. The first kappa shape index (κ1) is 28.4.